The van der Waals surface area contributed by atoms with Crippen LogP contribution in [0.1, 0.15) is 23.2 Å². The SMILES string of the molecule is Cn1ccc2c(Oc3ccc(Cl)cc3F)ncc(C(=O)N3CCCC3)c21. The highest BCUT2D eigenvalue weighted by atomic mass is 35.5. The van der Waals surface area contributed by atoms with E-state index >= 15 is 0 Å². The first-order chi connectivity index (χ1) is 12.5. The number of hydrogen-bond donors (Lipinski definition) is 0. The molecule has 3 heterocycles. The third-order valence-corrected chi connectivity index (χ3v) is 4.83. The van der Waals surface area contributed by atoms with Crippen LogP contribution in [0.15, 0.2) is 36.7 Å². The van der Waals surface area contributed by atoms with Crippen LogP contribution in [0.4, 0.5) is 4.39 Å². The van der Waals surface area contributed by atoms with E-state index in [1.54, 1.807) is 6.07 Å². The predicted octanol–water partition coefficient (Wildman–Crippen LogP) is 4.39. The van der Waals surface area contributed by atoms with E-state index in [1.165, 1.54) is 18.3 Å². The van der Waals surface area contributed by atoms with Crippen molar-refractivity contribution in [1.82, 2.24) is 14.5 Å². The Kier molecular flexibility index (Phi) is 4.28. The summed E-state index contributed by atoms with van der Waals surface area (Å²) >= 11 is 5.78. The summed E-state index contributed by atoms with van der Waals surface area (Å²) in [5.41, 5.74) is 1.25. The Morgan fingerprint density at radius 1 is 1.27 bits per heavy atom. The minimum atomic E-state index is -0.569. The van der Waals surface area contributed by atoms with Crippen molar-refractivity contribution in [1.29, 1.82) is 0 Å². The molecule has 1 saturated heterocycles. The Morgan fingerprint density at radius 3 is 2.77 bits per heavy atom. The monoisotopic (exact) mass is 373 g/mol. The maximum Gasteiger partial charge on any atom is 0.257 e. The van der Waals surface area contributed by atoms with E-state index in [0.29, 0.717) is 16.0 Å². The van der Waals surface area contributed by atoms with E-state index in [0.717, 1.165) is 31.4 Å². The number of carbonyl (C=O) groups excluding carboxylic acids is 1. The number of ether oxygens (including phenoxy) is 1. The highest BCUT2D eigenvalue weighted by molar-refractivity contribution is 6.30. The van der Waals surface area contributed by atoms with E-state index in [1.807, 2.05) is 28.8 Å². The molecular formula is C19H17ClFN3O2. The molecule has 0 spiro atoms. The number of hydrogen-bond acceptors (Lipinski definition) is 3. The van der Waals surface area contributed by atoms with Crippen LogP contribution in [-0.4, -0.2) is 33.4 Å². The van der Waals surface area contributed by atoms with E-state index in [-0.39, 0.29) is 17.5 Å². The average Bonchev–Trinajstić information content (AvgIpc) is 3.28. The molecule has 0 N–H and O–H groups in total. The van der Waals surface area contributed by atoms with Gasteiger partial charge >= 0.3 is 0 Å². The van der Waals surface area contributed by atoms with Gasteiger partial charge in [0.15, 0.2) is 11.6 Å². The van der Waals surface area contributed by atoms with Crippen LogP contribution in [0.3, 0.4) is 0 Å². The van der Waals surface area contributed by atoms with Gasteiger partial charge in [0.25, 0.3) is 5.91 Å². The number of aromatic nitrogens is 2. The molecule has 1 aliphatic heterocycles. The van der Waals surface area contributed by atoms with Crippen LogP contribution in [0.2, 0.25) is 5.02 Å². The summed E-state index contributed by atoms with van der Waals surface area (Å²) in [6.45, 7) is 1.53. The smallest absolute Gasteiger partial charge is 0.257 e. The molecule has 0 atom stereocenters. The van der Waals surface area contributed by atoms with Crippen molar-refractivity contribution in [2.75, 3.05) is 13.1 Å². The molecular weight excluding hydrogens is 357 g/mol. The maximum absolute atomic E-state index is 14.1. The summed E-state index contributed by atoms with van der Waals surface area (Å²) in [5, 5.41) is 0.950. The fraction of sp³-hybridized carbons (Fsp3) is 0.263. The van der Waals surface area contributed by atoms with Crippen molar-refractivity contribution in [3.8, 4) is 11.6 Å². The highest BCUT2D eigenvalue weighted by Gasteiger charge is 2.24. The predicted molar refractivity (Wildman–Crippen MR) is 97.3 cm³/mol. The number of rotatable bonds is 3. The fourth-order valence-electron chi connectivity index (χ4n) is 3.28. The zero-order chi connectivity index (χ0) is 18.3. The van der Waals surface area contributed by atoms with Gasteiger partial charge in [-0.3, -0.25) is 4.79 Å². The molecule has 2 aromatic heterocycles. The Hall–Kier alpha value is -2.60. The van der Waals surface area contributed by atoms with Crippen molar-refractivity contribution in [3.63, 3.8) is 0 Å². The maximum atomic E-state index is 14.1. The van der Waals surface area contributed by atoms with Gasteiger partial charge in [-0.05, 0) is 37.1 Å². The minimum absolute atomic E-state index is 0.0330. The molecule has 0 aliphatic carbocycles. The van der Waals surface area contributed by atoms with E-state index in [9.17, 15) is 9.18 Å². The van der Waals surface area contributed by atoms with Gasteiger partial charge in [-0.25, -0.2) is 9.37 Å². The van der Waals surface area contributed by atoms with E-state index < -0.39 is 5.82 Å². The lowest BCUT2D eigenvalue weighted by molar-refractivity contribution is 0.0794. The van der Waals surface area contributed by atoms with Gasteiger partial charge in [0, 0.05) is 37.6 Å². The first-order valence-corrected chi connectivity index (χ1v) is 8.78. The van der Waals surface area contributed by atoms with Crippen LogP contribution in [0, 0.1) is 5.82 Å². The molecule has 7 heteroatoms. The average molecular weight is 374 g/mol. The molecule has 3 aromatic rings. The molecule has 1 fully saturated rings. The van der Waals surface area contributed by atoms with Crippen molar-refractivity contribution >= 4 is 28.4 Å². The van der Waals surface area contributed by atoms with Gasteiger partial charge in [-0.15, -0.1) is 0 Å². The number of nitrogens with zero attached hydrogens (tertiary/aromatic N) is 3. The normalized spacial score (nSPS) is 14.2. The molecule has 0 unspecified atom stereocenters. The number of aryl methyl sites for hydroxylation is 1. The van der Waals surface area contributed by atoms with Gasteiger partial charge in [0.05, 0.1) is 16.5 Å². The number of halogens is 2. The topological polar surface area (TPSA) is 47.4 Å². The first-order valence-electron chi connectivity index (χ1n) is 8.41. The first kappa shape index (κ1) is 16.8. The summed E-state index contributed by atoms with van der Waals surface area (Å²) in [4.78, 5) is 19.0. The quantitative estimate of drug-likeness (QED) is 0.684. The molecule has 0 bridgehead atoms. The Bertz CT molecular complexity index is 996. The fourth-order valence-corrected chi connectivity index (χ4v) is 3.44. The Balaban J connectivity index is 1.76. The second-order valence-electron chi connectivity index (χ2n) is 6.34. The summed E-state index contributed by atoms with van der Waals surface area (Å²) in [7, 11) is 1.86. The second kappa shape index (κ2) is 6.61. The lowest BCUT2D eigenvalue weighted by atomic mass is 10.2. The van der Waals surface area contributed by atoms with Gasteiger partial charge in [0.1, 0.15) is 0 Å². The summed E-state index contributed by atoms with van der Waals surface area (Å²) in [5.74, 6) is -0.322. The van der Waals surface area contributed by atoms with Gasteiger partial charge in [-0.1, -0.05) is 11.6 Å². The molecule has 1 amide bonds. The van der Waals surface area contributed by atoms with Gasteiger partial charge in [-0.2, -0.15) is 0 Å². The van der Waals surface area contributed by atoms with Crippen LogP contribution < -0.4 is 4.74 Å². The van der Waals surface area contributed by atoms with Crippen LogP contribution in [0.5, 0.6) is 11.6 Å². The number of pyridine rings is 1. The van der Waals surface area contributed by atoms with Crippen molar-refractivity contribution in [2.45, 2.75) is 12.8 Å². The number of carbonyl (C=O) groups is 1. The molecule has 134 valence electrons. The molecule has 26 heavy (non-hydrogen) atoms. The summed E-state index contributed by atoms with van der Waals surface area (Å²) < 4.78 is 21.6. The molecule has 5 nitrogen and oxygen atoms in total. The molecule has 4 rings (SSSR count). The number of fused-ring (bicyclic) bond motifs is 1. The van der Waals surface area contributed by atoms with E-state index in [4.69, 9.17) is 16.3 Å². The lowest BCUT2D eigenvalue weighted by Crippen LogP contribution is -2.28. The van der Waals surface area contributed by atoms with Crippen molar-refractivity contribution in [2.24, 2.45) is 7.05 Å². The number of amides is 1. The zero-order valence-electron chi connectivity index (χ0n) is 14.2. The molecule has 1 aliphatic rings. The molecule has 0 radical (unpaired) electrons. The van der Waals surface area contributed by atoms with Gasteiger partial charge < -0.3 is 14.2 Å². The van der Waals surface area contributed by atoms with Crippen LogP contribution in [-0.2, 0) is 7.05 Å². The summed E-state index contributed by atoms with van der Waals surface area (Å²) in [6.07, 6.45) is 5.38. The van der Waals surface area contributed by atoms with E-state index in [2.05, 4.69) is 4.98 Å². The largest absolute Gasteiger partial charge is 0.435 e. The third-order valence-electron chi connectivity index (χ3n) is 4.59. The molecule has 0 saturated carbocycles. The van der Waals surface area contributed by atoms with Crippen molar-refractivity contribution in [3.05, 3.63) is 53.1 Å². The highest BCUT2D eigenvalue weighted by Crippen LogP contribution is 2.33. The zero-order valence-corrected chi connectivity index (χ0v) is 15.0. The van der Waals surface area contributed by atoms with Crippen LogP contribution >= 0.6 is 11.6 Å². The lowest BCUT2D eigenvalue weighted by Gasteiger charge is -2.17. The van der Waals surface area contributed by atoms with Crippen molar-refractivity contribution < 1.29 is 13.9 Å². The number of likely N-dealkylation sites (tertiary alicyclic amines) is 1. The van der Waals surface area contributed by atoms with Gasteiger partial charge in [0.2, 0.25) is 5.88 Å². The summed E-state index contributed by atoms with van der Waals surface area (Å²) in [6, 6.07) is 6.00. The standard InChI is InChI=1S/C19H17ClFN3O2/c1-23-9-6-13-17(23)14(19(25)24-7-2-3-8-24)11-22-18(13)26-16-5-4-12(20)10-15(16)21/h4-6,9-11H,2-3,7-8H2,1H3. The molecule has 1 aromatic carbocycles. The third kappa shape index (κ3) is 2.90. The number of benzene rings is 1. The van der Waals surface area contributed by atoms with Crippen LogP contribution in [0.25, 0.3) is 10.9 Å². The Morgan fingerprint density at radius 2 is 2.04 bits per heavy atom. The second-order valence-corrected chi connectivity index (χ2v) is 6.78. The Labute approximate surface area is 154 Å². The minimum Gasteiger partial charge on any atom is -0.435 e.